The summed E-state index contributed by atoms with van der Waals surface area (Å²) in [6.45, 7) is 10.4. The van der Waals surface area contributed by atoms with Crippen LogP contribution < -0.4 is 0 Å². The van der Waals surface area contributed by atoms with E-state index in [9.17, 15) is 9.59 Å². The molecule has 0 aromatic carbocycles. The van der Waals surface area contributed by atoms with Gasteiger partial charge >= 0.3 is 0 Å². The number of nitrogens with zero attached hydrogens (tertiary/aromatic N) is 1. The summed E-state index contributed by atoms with van der Waals surface area (Å²) in [4.78, 5) is 27.7. The Labute approximate surface area is 122 Å². The third-order valence-corrected chi connectivity index (χ3v) is 7.06. The van der Waals surface area contributed by atoms with Gasteiger partial charge in [0.25, 0.3) is 0 Å². The molecule has 2 saturated carbocycles. The van der Waals surface area contributed by atoms with E-state index in [-0.39, 0.29) is 16.7 Å². The molecule has 3 fully saturated rings. The van der Waals surface area contributed by atoms with Gasteiger partial charge in [0.1, 0.15) is 5.78 Å². The number of Topliss-reactive ketones (excluding diaryl/α,β-unsaturated/α-hetero) is 1. The zero-order valence-electron chi connectivity index (χ0n) is 13.3. The maximum absolute atomic E-state index is 13.2. The van der Waals surface area contributed by atoms with E-state index in [0.717, 1.165) is 32.4 Å². The third-order valence-electron chi connectivity index (χ3n) is 7.06. The van der Waals surface area contributed by atoms with E-state index in [0.29, 0.717) is 18.1 Å². The highest BCUT2D eigenvalue weighted by atomic mass is 16.2. The van der Waals surface area contributed by atoms with Gasteiger partial charge in [0, 0.05) is 24.9 Å². The Morgan fingerprint density at radius 3 is 2.45 bits per heavy atom. The Hall–Kier alpha value is -0.860. The maximum atomic E-state index is 13.2. The maximum Gasteiger partial charge on any atom is 0.229 e. The summed E-state index contributed by atoms with van der Waals surface area (Å²) in [5.74, 6) is 1.17. The van der Waals surface area contributed by atoms with Crippen molar-refractivity contribution in [1.82, 2.24) is 4.90 Å². The first-order valence-electron chi connectivity index (χ1n) is 8.07. The van der Waals surface area contributed by atoms with Crippen molar-refractivity contribution in [2.24, 2.45) is 22.2 Å². The van der Waals surface area contributed by atoms with Crippen molar-refractivity contribution in [2.45, 2.75) is 59.8 Å². The molecule has 1 aliphatic heterocycles. The first kappa shape index (κ1) is 14.1. The molecule has 1 amide bonds. The van der Waals surface area contributed by atoms with Crippen molar-refractivity contribution < 1.29 is 9.59 Å². The van der Waals surface area contributed by atoms with E-state index in [1.54, 1.807) is 0 Å². The van der Waals surface area contributed by atoms with Crippen LogP contribution >= 0.6 is 0 Å². The molecule has 1 heterocycles. The number of fused-ring (bicyclic) bond motifs is 2. The quantitative estimate of drug-likeness (QED) is 0.739. The second kappa shape index (κ2) is 4.08. The first-order valence-corrected chi connectivity index (χ1v) is 8.07. The van der Waals surface area contributed by atoms with Crippen LogP contribution in [-0.4, -0.2) is 29.7 Å². The van der Waals surface area contributed by atoms with Gasteiger partial charge in [0.2, 0.25) is 5.91 Å². The van der Waals surface area contributed by atoms with Gasteiger partial charge in [-0.1, -0.05) is 27.7 Å². The molecule has 1 saturated heterocycles. The lowest BCUT2D eigenvalue weighted by Crippen LogP contribution is -2.51. The number of rotatable bonds is 1. The SMILES string of the molecule is C[C@@H]1CCCN(C(=O)[C@@]23CC[C@@](C)(C(=O)C2)C3(C)C)C1. The number of piperidine rings is 1. The van der Waals surface area contributed by atoms with Gasteiger partial charge in [-0.3, -0.25) is 9.59 Å². The summed E-state index contributed by atoms with van der Waals surface area (Å²) in [6.07, 6.45) is 4.57. The molecule has 0 spiro atoms. The Morgan fingerprint density at radius 2 is 1.95 bits per heavy atom. The van der Waals surface area contributed by atoms with E-state index in [2.05, 4.69) is 32.6 Å². The molecule has 3 nitrogen and oxygen atoms in total. The van der Waals surface area contributed by atoms with Crippen LogP contribution in [0.4, 0.5) is 0 Å². The highest BCUT2D eigenvalue weighted by Gasteiger charge is 2.73. The minimum atomic E-state index is -0.421. The fourth-order valence-electron chi connectivity index (χ4n) is 5.01. The summed E-state index contributed by atoms with van der Waals surface area (Å²) >= 11 is 0. The van der Waals surface area contributed by atoms with Crippen molar-refractivity contribution in [1.29, 1.82) is 0 Å². The number of hydrogen-bond acceptors (Lipinski definition) is 2. The second-order valence-electron chi connectivity index (χ2n) is 8.14. The van der Waals surface area contributed by atoms with Gasteiger partial charge in [-0.05, 0) is 37.0 Å². The molecule has 0 aromatic rings. The summed E-state index contributed by atoms with van der Waals surface area (Å²) in [6, 6.07) is 0. The van der Waals surface area contributed by atoms with E-state index in [4.69, 9.17) is 0 Å². The van der Waals surface area contributed by atoms with E-state index in [1.165, 1.54) is 6.42 Å². The van der Waals surface area contributed by atoms with Crippen LogP contribution in [0.2, 0.25) is 0 Å². The van der Waals surface area contributed by atoms with Crippen LogP contribution in [0.25, 0.3) is 0 Å². The van der Waals surface area contributed by atoms with Gasteiger partial charge in [0.05, 0.1) is 5.41 Å². The van der Waals surface area contributed by atoms with Crippen molar-refractivity contribution >= 4 is 11.7 Å². The number of ketones is 1. The Balaban J connectivity index is 1.93. The highest BCUT2D eigenvalue weighted by molar-refractivity contribution is 5.99. The van der Waals surface area contributed by atoms with Gasteiger partial charge in [-0.2, -0.15) is 0 Å². The minimum Gasteiger partial charge on any atom is -0.342 e. The highest BCUT2D eigenvalue weighted by Crippen LogP contribution is 2.71. The molecule has 3 rings (SSSR count). The third kappa shape index (κ3) is 1.47. The second-order valence-corrected chi connectivity index (χ2v) is 8.14. The van der Waals surface area contributed by atoms with Crippen LogP contribution in [-0.2, 0) is 9.59 Å². The molecule has 20 heavy (non-hydrogen) atoms. The number of likely N-dealkylation sites (tertiary alicyclic amines) is 1. The zero-order chi connectivity index (χ0) is 14.8. The fourth-order valence-corrected chi connectivity index (χ4v) is 5.01. The van der Waals surface area contributed by atoms with E-state index in [1.807, 2.05) is 0 Å². The van der Waals surface area contributed by atoms with E-state index < -0.39 is 5.41 Å². The lowest BCUT2D eigenvalue weighted by Gasteiger charge is -2.43. The normalized spacial score (nSPS) is 43.1. The van der Waals surface area contributed by atoms with E-state index >= 15 is 0 Å². The minimum absolute atomic E-state index is 0.200. The molecule has 2 aliphatic carbocycles. The summed E-state index contributed by atoms with van der Waals surface area (Å²) in [5, 5.41) is 0. The van der Waals surface area contributed by atoms with Crippen LogP contribution in [0.15, 0.2) is 0 Å². The van der Waals surface area contributed by atoms with Crippen LogP contribution in [0.3, 0.4) is 0 Å². The van der Waals surface area contributed by atoms with Crippen molar-refractivity contribution in [3.05, 3.63) is 0 Å². The van der Waals surface area contributed by atoms with Gasteiger partial charge in [-0.15, -0.1) is 0 Å². The topological polar surface area (TPSA) is 37.4 Å². The lowest BCUT2D eigenvalue weighted by molar-refractivity contribution is -0.149. The average molecular weight is 277 g/mol. The first-order chi connectivity index (χ1) is 9.24. The van der Waals surface area contributed by atoms with Crippen molar-refractivity contribution in [3.63, 3.8) is 0 Å². The largest absolute Gasteiger partial charge is 0.342 e. The Kier molecular flexibility index (Phi) is 2.88. The van der Waals surface area contributed by atoms with Crippen molar-refractivity contribution in [3.8, 4) is 0 Å². The molecule has 0 aromatic heterocycles. The summed E-state index contributed by atoms with van der Waals surface area (Å²) < 4.78 is 0. The lowest BCUT2D eigenvalue weighted by atomic mass is 9.64. The molecule has 0 unspecified atom stereocenters. The predicted octanol–water partition coefficient (Wildman–Crippen LogP) is 3.03. The Morgan fingerprint density at radius 1 is 1.25 bits per heavy atom. The molecular weight excluding hydrogens is 250 g/mol. The summed E-state index contributed by atoms with van der Waals surface area (Å²) in [5.41, 5.74) is -0.908. The number of carbonyl (C=O) groups is 2. The Bertz CT molecular complexity index is 470. The predicted molar refractivity (Wildman–Crippen MR) is 78.2 cm³/mol. The average Bonchev–Trinajstić information content (AvgIpc) is 2.68. The molecule has 0 N–H and O–H groups in total. The molecule has 2 bridgehead atoms. The van der Waals surface area contributed by atoms with Gasteiger partial charge in [0.15, 0.2) is 0 Å². The standard InChI is InChI=1S/C17H27NO2/c1-12-6-5-9-18(11-12)14(20)17-8-7-16(4,13(19)10-17)15(17,2)3/h12H,5-11H2,1-4H3/t12-,16+,17-/m1/s1. The number of hydrogen-bond donors (Lipinski definition) is 0. The monoisotopic (exact) mass is 277 g/mol. The van der Waals surface area contributed by atoms with Gasteiger partial charge in [-0.25, -0.2) is 0 Å². The number of carbonyl (C=O) groups excluding carboxylic acids is 2. The summed E-state index contributed by atoms with van der Waals surface area (Å²) in [7, 11) is 0. The van der Waals surface area contributed by atoms with Crippen molar-refractivity contribution in [2.75, 3.05) is 13.1 Å². The van der Waals surface area contributed by atoms with Crippen LogP contribution in [0, 0.1) is 22.2 Å². The molecule has 0 radical (unpaired) electrons. The van der Waals surface area contributed by atoms with Gasteiger partial charge < -0.3 is 4.90 Å². The van der Waals surface area contributed by atoms with Crippen LogP contribution in [0.1, 0.15) is 59.8 Å². The molecule has 112 valence electrons. The zero-order valence-corrected chi connectivity index (χ0v) is 13.3. The molecule has 3 heteroatoms. The number of amides is 1. The molecule has 3 atom stereocenters. The smallest absolute Gasteiger partial charge is 0.229 e. The molecule has 3 aliphatic rings. The molecular formula is C17H27NO2. The fraction of sp³-hybridized carbons (Fsp3) is 0.882. The van der Waals surface area contributed by atoms with Crippen LogP contribution in [0.5, 0.6) is 0 Å².